The number of anilines is 1. The van der Waals surface area contributed by atoms with Gasteiger partial charge in [0.2, 0.25) is 11.8 Å². The molecule has 0 unspecified atom stereocenters. The van der Waals surface area contributed by atoms with Gasteiger partial charge in [0.1, 0.15) is 18.3 Å². The van der Waals surface area contributed by atoms with Crippen molar-refractivity contribution in [3.63, 3.8) is 0 Å². The second-order valence-electron chi connectivity index (χ2n) is 10.3. The van der Waals surface area contributed by atoms with Crippen molar-refractivity contribution in [1.29, 1.82) is 0 Å². The molecule has 218 valence electrons. The molecule has 1 fully saturated rings. The number of hydrogen-bond donors (Lipinski definition) is 1. The van der Waals surface area contributed by atoms with Gasteiger partial charge in [-0.05, 0) is 86.3 Å². The second-order valence-corrected chi connectivity index (χ2v) is 12.6. The average molecular weight is 598 g/mol. The Morgan fingerprint density at radius 2 is 1.63 bits per heavy atom. The molecular formula is C31H36ClN3O5S. The number of benzene rings is 3. The molecule has 41 heavy (non-hydrogen) atoms. The number of halogens is 1. The molecule has 0 heterocycles. The standard InChI is InChI=1S/C31H36ClN3O5S/c1-22-8-4-5-9-24(22)20-34(23(2)31(37)33-26-10-6-7-11-26)30(36)21-35(27-14-12-25(32)13-15-27)41(38,39)29-18-16-28(40-3)17-19-29/h4-5,8-9,12-19,23,26H,6-7,10-11,20-21H2,1-3H3,(H,33,37)/t23-/m1/s1. The van der Waals surface area contributed by atoms with Gasteiger partial charge < -0.3 is 15.0 Å². The molecule has 1 atom stereocenters. The maximum absolute atomic E-state index is 14.1. The molecule has 3 aromatic rings. The largest absolute Gasteiger partial charge is 0.497 e. The lowest BCUT2D eigenvalue weighted by atomic mass is 10.1. The molecule has 8 nitrogen and oxygen atoms in total. The van der Waals surface area contributed by atoms with E-state index >= 15 is 0 Å². The quantitative estimate of drug-likeness (QED) is 0.322. The van der Waals surface area contributed by atoms with Crippen LogP contribution in [0.5, 0.6) is 5.75 Å². The Balaban J connectivity index is 1.69. The molecule has 0 saturated heterocycles. The summed E-state index contributed by atoms with van der Waals surface area (Å²) in [7, 11) is -2.68. The number of nitrogens with one attached hydrogen (secondary N) is 1. The van der Waals surface area contributed by atoms with E-state index in [1.165, 1.54) is 24.1 Å². The third-order valence-corrected chi connectivity index (χ3v) is 9.55. The van der Waals surface area contributed by atoms with Gasteiger partial charge in [-0.3, -0.25) is 13.9 Å². The Morgan fingerprint density at radius 3 is 2.24 bits per heavy atom. The van der Waals surface area contributed by atoms with E-state index in [0.29, 0.717) is 10.8 Å². The monoisotopic (exact) mass is 597 g/mol. The summed E-state index contributed by atoms with van der Waals surface area (Å²) in [6.45, 7) is 3.27. The van der Waals surface area contributed by atoms with Crippen molar-refractivity contribution in [1.82, 2.24) is 10.2 Å². The fourth-order valence-corrected chi connectivity index (χ4v) is 6.50. The van der Waals surface area contributed by atoms with Gasteiger partial charge >= 0.3 is 0 Å². The van der Waals surface area contributed by atoms with Crippen molar-refractivity contribution in [3.8, 4) is 5.75 Å². The molecule has 10 heteroatoms. The summed E-state index contributed by atoms with van der Waals surface area (Å²) < 4.78 is 34.1. The Morgan fingerprint density at radius 1 is 1.00 bits per heavy atom. The van der Waals surface area contributed by atoms with Crippen LogP contribution >= 0.6 is 11.6 Å². The van der Waals surface area contributed by atoms with Gasteiger partial charge in [0.05, 0.1) is 17.7 Å². The fourth-order valence-electron chi connectivity index (χ4n) is 4.96. The number of hydrogen-bond acceptors (Lipinski definition) is 5. The smallest absolute Gasteiger partial charge is 0.264 e. The van der Waals surface area contributed by atoms with Crippen molar-refractivity contribution in [2.45, 2.75) is 63.1 Å². The lowest BCUT2D eigenvalue weighted by Crippen LogP contribution is -2.52. The van der Waals surface area contributed by atoms with Crippen LogP contribution in [0.2, 0.25) is 5.02 Å². The normalized spacial score (nSPS) is 14.3. The van der Waals surface area contributed by atoms with E-state index in [0.717, 1.165) is 41.1 Å². The zero-order chi connectivity index (χ0) is 29.6. The Labute approximate surface area is 247 Å². The van der Waals surface area contributed by atoms with Gasteiger partial charge in [0, 0.05) is 17.6 Å². The minimum atomic E-state index is -4.18. The highest BCUT2D eigenvalue weighted by atomic mass is 35.5. The Bertz CT molecular complexity index is 1460. The van der Waals surface area contributed by atoms with Gasteiger partial charge in [-0.2, -0.15) is 0 Å². The molecule has 4 rings (SSSR count). The summed E-state index contributed by atoms with van der Waals surface area (Å²) in [6, 6.07) is 19.1. The van der Waals surface area contributed by atoms with Crippen molar-refractivity contribution < 1.29 is 22.7 Å². The van der Waals surface area contributed by atoms with E-state index in [2.05, 4.69) is 5.32 Å². The number of methoxy groups -OCH3 is 1. The van der Waals surface area contributed by atoms with E-state index in [1.807, 2.05) is 31.2 Å². The van der Waals surface area contributed by atoms with Crippen LogP contribution in [0.15, 0.2) is 77.7 Å². The first-order valence-electron chi connectivity index (χ1n) is 13.7. The summed E-state index contributed by atoms with van der Waals surface area (Å²) in [5.41, 5.74) is 2.11. The maximum atomic E-state index is 14.1. The third-order valence-electron chi connectivity index (χ3n) is 7.51. The number of ether oxygens (including phenoxy) is 1. The van der Waals surface area contributed by atoms with Gasteiger partial charge in [0.25, 0.3) is 10.0 Å². The summed E-state index contributed by atoms with van der Waals surface area (Å²) in [5, 5.41) is 3.51. The number of sulfonamides is 1. The van der Waals surface area contributed by atoms with E-state index in [1.54, 1.807) is 43.3 Å². The second kappa shape index (κ2) is 13.4. The number of amides is 2. The van der Waals surface area contributed by atoms with Crippen LogP contribution in [-0.2, 0) is 26.2 Å². The zero-order valence-electron chi connectivity index (χ0n) is 23.5. The van der Waals surface area contributed by atoms with Gasteiger partial charge in [0.15, 0.2) is 0 Å². The van der Waals surface area contributed by atoms with Crippen LogP contribution in [0, 0.1) is 6.92 Å². The molecule has 3 aromatic carbocycles. The SMILES string of the molecule is COc1ccc(S(=O)(=O)N(CC(=O)N(Cc2ccccc2C)[C@H](C)C(=O)NC2CCCC2)c2ccc(Cl)cc2)cc1. The number of nitrogens with zero attached hydrogens (tertiary/aromatic N) is 2. The third kappa shape index (κ3) is 7.40. The molecule has 1 aliphatic rings. The Hall–Kier alpha value is -3.56. The average Bonchev–Trinajstić information content (AvgIpc) is 3.48. The fraction of sp³-hybridized carbons (Fsp3) is 0.355. The highest BCUT2D eigenvalue weighted by Crippen LogP contribution is 2.27. The first kappa shape index (κ1) is 30.4. The lowest BCUT2D eigenvalue weighted by molar-refractivity contribution is -0.139. The topological polar surface area (TPSA) is 96.0 Å². The summed E-state index contributed by atoms with van der Waals surface area (Å²) in [4.78, 5) is 28.8. The van der Waals surface area contributed by atoms with Gasteiger partial charge in [-0.1, -0.05) is 48.7 Å². The summed E-state index contributed by atoms with van der Waals surface area (Å²) in [5.74, 6) is -0.256. The van der Waals surface area contributed by atoms with Crippen LogP contribution in [0.25, 0.3) is 0 Å². The van der Waals surface area contributed by atoms with E-state index < -0.39 is 28.5 Å². The van der Waals surface area contributed by atoms with Crippen LogP contribution < -0.4 is 14.4 Å². The van der Waals surface area contributed by atoms with Crippen molar-refractivity contribution in [2.24, 2.45) is 0 Å². The number of carbonyl (C=O) groups excluding carboxylic acids is 2. The first-order chi connectivity index (χ1) is 19.6. The zero-order valence-corrected chi connectivity index (χ0v) is 25.1. The lowest BCUT2D eigenvalue weighted by Gasteiger charge is -2.32. The molecule has 0 aliphatic heterocycles. The van der Waals surface area contributed by atoms with Crippen LogP contribution in [0.3, 0.4) is 0 Å². The maximum Gasteiger partial charge on any atom is 0.264 e. The van der Waals surface area contributed by atoms with Crippen molar-refractivity contribution >= 4 is 39.1 Å². The molecule has 0 bridgehead atoms. The van der Waals surface area contributed by atoms with E-state index in [-0.39, 0.29) is 29.1 Å². The molecule has 0 spiro atoms. The first-order valence-corrected chi connectivity index (χ1v) is 15.5. The molecule has 0 radical (unpaired) electrons. The number of aryl methyl sites for hydroxylation is 1. The van der Waals surface area contributed by atoms with Crippen molar-refractivity contribution in [3.05, 3.63) is 88.9 Å². The number of rotatable bonds is 11. The Kier molecular flexibility index (Phi) is 9.94. The molecule has 2 amide bonds. The van der Waals surface area contributed by atoms with Crippen LogP contribution in [0.4, 0.5) is 5.69 Å². The predicted molar refractivity (Wildman–Crippen MR) is 161 cm³/mol. The predicted octanol–water partition coefficient (Wildman–Crippen LogP) is 5.33. The van der Waals surface area contributed by atoms with Crippen molar-refractivity contribution in [2.75, 3.05) is 18.0 Å². The molecule has 1 saturated carbocycles. The van der Waals surface area contributed by atoms with Crippen LogP contribution in [-0.4, -0.2) is 50.9 Å². The molecule has 0 aromatic heterocycles. The molecule has 1 aliphatic carbocycles. The molecule has 1 N–H and O–H groups in total. The minimum absolute atomic E-state index is 0.00136. The van der Waals surface area contributed by atoms with Crippen LogP contribution in [0.1, 0.15) is 43.7 Å². The summed E-state index contributed by atoms with van der Waals surface area (Å²) >= 11 is 6.09. The van der Waals surface area contributed by atoms with E-state index in [4.69, 9.17) is 16.3 Å². The van der Waals surface area contributed by atoms with Gasteiger partial charge in [-0.25, -0.2) is 8.42 Å². The van der Waals surface area contributed by atoms with Gasteiger partial charge in [-0.15, -0.1) is 0 Å². The van der Waals surface area contributed by atoms with E-state index in [9.17, 15) is 18.0 Å². The number of carbonyl (C=O) groups is 2. The summed E-state index contributed by atoms with van der Waals surface area (Å²) in [6.07, 6.45) is 3.94. The highest BCUT2D eigenvalue weighted by Gasteiger charge is 2.33. The molecular weight excluding hydrogens is 562 g/mol. The highest BCUT2D eigenvalue weighted by molar-refractivity contribution is 7.92. The minimum Gasteiger partial charge on any atom is -0.497 e.